The lowest BCUT2D eigenvalue weighted by Crippen LogP contribution is -2.28. The van der Waals surface area contributed by atoms with Gasteiger partial charge in [0.15, 0.2) is 5.16 Å². The zero-order valence-electron chi connectivity index (χ0n) is 13.4. The third-order valence-corrected chi connectivity index (χ3v) is 4.83. The van der Waals surface area contributed by atoms with Crippen molar-refractivity contribution >= 4 is 17.7 Å². The number of nitrogens with one attached hydrogen (secondary N) is 1. The summed E-state index contributed by atoms with van der Waals surface area (Å²) >= 11 is 1.31. The summed E-state index contributed by atoms with van der Waals surface area (Å²) in [4.78, 5) is 12.1. The van der Waals surface area contributed by atoms with Crippen LogP contribution in [-0.4, -0.2) is 26.4 Å². The quantitative estimate of drug-likeness (QED) is 0.811. The van der Waals surface area contributed by atoms with Crippen LogP contribution in [0.25, 0.3) is 0 Å². The number of aryl methyl sites for hydroxylation is 1. The van der Waals surface area contributed by atoms with Gasteiger partial charge in [0.05, 0.1) is 11.8 Å². The Morgan fingerprint density at radius 1 is 1.42 bits per heavy atom. The third-order valence-electron chi connectivity index (χ3n) is 3.89. The van der Waals surface area contributed by atoms with Gasteiger partial charge in [-0.15, -0.1) is 10.2 Å². The number of carbonyl (C=O) groups excluding carboxylic acids is 1. The molecule has 1 aromatic heterocycles. The summed E-state index contributed by atoms with van der Waals surface area (Å²) in [6.45, 7) is 3.56. The maximum Gasteiger partial charge on any atom is 0.230 e. The normalized spacial score (nSPS) is 15.3. The van der Waals surface area contributed by atoms with Gasteiger partial charge in [-0.25, -0.2) is 8.78 Å². The molecule has 0 unspecified atom stereocenters. The van der Waals surface area contributed by atoms with Crippen molar-refractivity contribution in [3.8, 4) is 0 Å². The molecular weight excluding hydrogens is 334 g/mol. The second-order valence-electron chi connectivity index (χ2n) is 5.87. The summed E-state index contributed by atoms with van der Waals surface area (Å²) in [5.74, 6) is -0.529. The van der Waals surface area contributed by atoms with Crippen LogP contribution in [0.3, 0.4) is 0 Å². The monoisotopic (exact) mass is 352 g/mol. The van der Waals surface area contributed by atoms with Gasteiger partial charge in [0, 0.05) is 17.7 Å². The first-order chi connectivity index (χ1) is 11.5. The van der Waals surface area contributed by atoms with Gasteiger partial charge in [0.25, 0.3) is 0 Å². The molecule has 0 saturated heterocycles. The van der Waals surface area contributed by atoms with Crippen molar-refractivity contribution in [2.75, 3.05) is 5.75 Å². The average Bonchev–Trinajstić information content (AvgIpc) is 3.28. The molecule has 1 saturated carbocycles. The first-order valence-corrected chi connectivity index (χ1v) is 8.73. The van der Waals surface area contributed by atoms with Crippen LogP contribution in [0.1, 0.15) is 43.2 Å². The van der Waals surface area contributed by atoms with E-state index in [9.17, 15) is 13.6 Å². The highest BCUT2D eigenvalue weighted by molar-refractivity contribution is 7.99. The van der Waals surface area contributed by atoms with Gasteiger partial charge in [0.2, 0.25) is 5.91 Å². The Morgan fingerprint density at radius 3 is 2.83 bits per heavy atom. The van der Waals surface area contributed by atoms with Crippen molar-refractivity contribution in [2.45, 2.75) is 43.9 Å². The molecule has 0 radical (unpaired) electrons. The summed E-state index contributed by atoms with van der Waals surface area (Å²) in [6, 6.07) is 3.24. The van der Waals surface area contributed by atoms with Crippen LogP contribution in [-0.2, 0) is 4.79 Å². The fourth-order valence-corrected chi connectivity index (χ4v) is 3.41. The summed E-state index contributed by atoms with van der Waals surface area (Å²) in [6.07, 6.45) is 2.22. The number of thioether (sulfide) groups is 1. The first kappa shape index (κ1) is 16.9. The summed E-state index contributed by atoms with van der Waals surface area (Å²) < 4.78 is 28.7. The highest BCUT2D eigenvalue weighted by Gasteiger charge is 2.28. The predicted octanol–water partition coefficient (Wildman–Crippen LogP) is 3.17. The van der Waals surface area contributed by atoms with Crippen LogP contribution in [0.2, 0.25) is 0 Å². The topological polar surface area (TPSA) is 59.8 Å². The molecule has 1 fully saturated rings. The number of hydrogen-bond acceptors (Lipinski definition) is 4. The molecule has 0 spiro atoms. The Kier molecular flexibility index (Phi) is 4.84. The standard InChI is InChI=1S/C16H18F2N4OS/c1-9(13-6-3-11(17)7-14(13)18)19-15(23)8-24-16-21-20-10(2)22(16)12-4-5-12/h3,6-7,9,12H,4-5,8H2,1-2H3,(H,19,23)/t9-/m0/s1. The van der Waals surface area contributed by atoms with Crippen LogP contribution in [0.5, 0.6) is 0 Å². The molecule has 0 aliphatic heterocycles. The van der Waals surface area contributed by atoms with E-state index in [-0.39, 0.29) is 17.2 Å². The largest absolute Gasteiger partial charge is 0.349 e. The smallest absolute Gasteiger partial charge is 0.230 e. The molecule has 1 amide bonds. The van der Waals surface area contributed by atoms with Gasteiger partial charge in [-0.2, -0.15) is 0 Å². The second kappa shape index (κ2) is 6.88. The predicted molar refractivity (Wildman–Crippen MR) is 86.7 cm³/mol. The molecule has 1 aliphatic rings. The molecule has 1 aliphatic carbocycles. The van der Waals surface area contributed by atoms with E-state index < -0.39 is 17.7 Å². The van der Waals surface area contributed by atoms with Crippen LogP contribution in [0.15, 0.2) is 23.4 Å². The molecule has 2 aromatic rings. The van der Waals surface area contributed by atoms with Gasteiger partial charge in [-0.1, -0.05) is 17.8 Å². The number of amides is 1. The minimum Gasteiger partial charge on any atom is -0.349 e. The van der Waals surface area contributed by atoms with E-state index in [4.69, 9.17) is 0 Å². The lowest BCUT2D eigenvalue weighted by atomic mass is 10.1. The van der Waals surface area contributed by atoms with Gasteiger partial charge in [-0.3, -0.25) is 4.79 Å². The lowest BCUT2D eigenvalue weighted by Gasteiger charge is -2.15. The van der Waals surface area contributed by atoms with E-state index in [0.29, 0.717) is 6.04 Å². The molecule has 128 valence electrons. The van der Waals surface area contributed by atoms with E-state index in [0.717, 1.165) is 29.9 Å². The summed E-state index contributed by atoms with van der Waals surface area (Å²) in [7, 11) is 0. The summed E-state index contributed by atoms with van der Waals surface area (Å²) in [5.41, 5.74) is 0.256. The maximum atomic E-state index is 13.7. The average molecular weight is 352 g/mol. The van der Waals surface area contributed by atoms with Crippen molar-refractivity contribution < 1.29 is 13.6 Å². The van der Waals surface area contributed by atoms with Gasteiger partial charge in [0.1, 0.15) is 17.5 Å². The van der Waals surface area contributed by atoms with Crippen LogP contribution >= 0.6 is 11.8 Å². The Bertz CT molecular complexity index is 761. The van der Waals surface area contributed by atoms with Gasteiger partial charge < -0.3 is 9.88 Å². The minimum absolute atomic E-state index is 0.165. The molecule has 24 heavy (non-hydrogen) atoms. The van der Waals surface area contributed by atoms with Crippen molar-refractivity contribution in [1.82, 2.24) is 20.1 Å². The lowest BCUT2D eigenvalue weighted by molar-refractivity contribution is -0.119. The molecule has 1 heterocycles. The molecule has 8 heteroatoms. The Hall–Kier alpha value is -1.96. The third kappa shape index (κ3) is 3.75. The Labute approximate surface area is 142 Å². The Morgan fingerprint density at radius 2 is 2.17 bits per heavy atom. The number of benzene rings is 1. The van der Waals surface area contributed by atoms with Crippen molar-refractivity contribution in [3.05, 3.63) is 41.2 Å². The number of halogens is 2. The molecule has 3 rings (SSSR count). The number of aromatic nitrogens is 3. The van der Waals surface area contributed by atoms with E-state index >= 15 is 0 Å². The van der Waals surface area contributed by atoms with Crippen LogP contribution < -0.4 is 5.32 Å². The highest BCUT2D eigenvalue weighted by Crippen LogP contribution is 2.38. The fraction of sp³-hybridized carbons (Fsp3) is 0.438. The molecule has 1 N–H and O–H groups in total. The second-order valence-corrected chi connectivity index (χ2v) is 6.82. The van der Waals surface area contributed by atoms with Crippen LogP contribution in [0.4, 0.5) is 8.78 Å². The summed E-state index contributed by atoms with van der Waals surface area (Å²) in [5, 5.41) is 11.6. The van der Waals surface area contributed by atoms with Gasteiger partial charge in [-0.05, 0) is 32.8 Å². The maximum absolute atomic E-state index is 13.7. The van der Waals surface area contributed by atoms with E-state index in [2.05, 4.69) is 20.1 Å². The zero-order valence-corrected chi connectivity index (χ0v) is 14.2. The van der Waals surface area contributed by atoms with E-state index in [1.54, 1.807) is 6.92 Å². The highest BCUT2D eigenvalue weighted by atomic mass is 32.2. The minimum atomic E-state index is -0.667. The number of carbonyl (C=O) groups is 1. The molecule has 0 bridgehead atoms. The van der Waals surface area contributed by atoms with Crippen molar-refractivity contribution in [3.63, 3.8) is 0 Å². The number of nitrogens with zero attached hydrogens (tertiary/aromatic N) is 3. The molecular formula is C16H18F2N4OS. The Balaban J connectivity index is 1.58. The van der Waals surface area contributed by atoms with Crippen molar-refractivity contribution in [1.29, 1.82) is 0 Å². The van der Waals surface area contributed by atoms with Crippen molar-refractivity contribution in [2.24, 2.45) is 0 Å². The SMILES string of the molecule is Cc1nnc(SCC(=O)N[C@@H](C)c2ccc(F)cc2F)n1C1CC1. The number of rotatable bonds is 6. The zero-order chi connectivity index (χ0) is 17.3. The van der Waals surface area contributed by atoms with E-state index in [1.807, 2.05) is 6.92 Å². The molecule has 1 atom stereocenters. The van der Waals surface area contributed by atoms with E-state index in [1.165, 1.54) is 23.9 Å². The number of hydrogen-bond donors (Lipinski definition) is 1. The van der Waals surface area contributed by atoms with Gasteiger partial charge >= 0.3 is 0 Å². The molecule has 5 nitrogen and oxygen atoms in total. The first-order valence-electron chi connectivity index (χ1n) is 7.74. The van der Waals surface area contributed by atoms with Crippen LogP contribution in [0, 0.1) is 18.6 Å². The fourth-order valence-electron chi connectivity index (χ4n) is 2.55. The molecule has 1 aromatic carbocycles.